The molecular weight excluding hydrogens is 260 g/mol. The number of halogens is 1. The van der Waals surface area contributed by atoms with Crippen molar-refractivity contribution in [1.29, 1.82) is 0 Å². The monoisotopic (exact) mass is 276 g/mol. The van der Waals surface area contributed by atoms with Crippen LogP contribution in [0.4, 0.5) is 0 Å². The fourth-order valence-corrected chi connectivity index (χ4v) is 2.07. The van der Waals surface area contributed by atoms with Crippen molar-refractivity contribution in [2.75, 3.05) is 0 Å². The minimum atomic E-state index is 0.188. The number of hydrogen-bond acceptors (Lipinski definition) is 3. The highest BCUT2D eigenvalue weighted by atomic mass is 35.5. The van der Waals surface area contributed by atoms with Gasteiger partial charge in [-0.2, -0.15) is 0 Å². The number of aromatic hydroxyl groups is 1. The van der Waals surface area contributed by atoms with E-state index in [1.807, 2.05) is 30.3 Å². The Balaban J connectivity index is 1.99. The van der Waals surface area contributed by atoms with Crippen molar-refractivity contribution in [1.82, 2.24) is 10.3 Å². The van der Waals surface area contributed by atoms with Crippen molar-refractivity contribution in [3.05, 3.63) is 58.9 Å². The third-order valence-corrected chi connectivity index (χ3v) is 3.27. The average Bonchev–Trinajstić information content (AvgIpc) is 2.43. The second kappa shape index (κ2) is 6.55. The third-order valence-electron chi connectivity index (χ3n) is 3.02. The first kappa shape index (κ1) is 13.8. The first-order chi connectivity index (χ1) is 9.19. The zero-order valence-corrected chi connectivity index (χ0v) is 11.6. The zero-order chi connectivity index (χ0) is 13.7. The summed E-state index contributed by atoms with van der Waals surface area (Å²) in [6, 6.07) is 11.6. The van der Waals surface area contributed by atoms with Gasteiger partial charge in [0.05, 0.1) is 11.9 Å². The molecule has 0 saturated heterocycles. The summed E-state index contributed by atoms with van der Waals surface area (Å²) < 4.78 is 0. The van der Waals surface area contributed by atoms with Crippen LogP contribution in [0.3, 0.4) is 0 Å². The number of nitrogens with one attached hydrogen (secondary N) is 1. The van der Waals surface area contributed by atoms with Gasteiger partial charge in [-0.1, -0.05) is 30.7 Å². The molecule has 0 aliphatic heterocycles. The summed E-state index contributed by atoms with van der Waals surface area (Å²) in [7, 11) is 0. The van der Waals surface area contributed by atoms with Gasteiger partial charge in [-0.15, -0.1) is 0 Å². The normalized spacial score (nSPS) is 12.3. The van der Waals surface area contributed by atoms with E-state index in [-0.39, 0.29) is 11.8 Å². The number of aromatic nitrogens is 1. The summed E-state index contributed by atoms with van der Waals surface area (Å²) in [5.74, 6) is 0.188. The van der Waals surface area contributed by atoms with Crippen LogP contribution >= 0.6 is 11.6 Å². The van der Waals surface area contributed by atoms with Crippen LogP contribution < -0.4 is 5.32 Å². The topological polar surface area (TPSA) is 45.1 Å². The van der Waals surface area contributed by atoms with E-state index in [0.717, 1.165) is 17.1 Å². The number of rotatable bonds is 5. The second-order valence-corrected chi connectivity index (χ2v) is 4.84. The van der Waals surface area contributed by atoms with Gasteiger partial charge in [-0.3, -0.25) is 4.98 Å². The van der Waals surface area contributed by atoms with Crippen molar-refractivity contribution in [2.45, 2.75) is 25.9 Å². The van der Waals surface area contributed by atoms with Crippen LogP contribution in [0.25, 0.3) is 0 Å². The van der Waals surface area contributed by atoms with Gasteiger partial charge in [-0.05, 0) is 36.2 Å². The lowest BCUT2D eigenvalue weighted by molar-refractivity contribution is 0.470. The Hall–Kier alpha value is -1.58. The van der Waals surface area contributed by atoms with E-state index in [1.54, 1.807) is 6.07 Å². The van der Waals surface area contributed by atoms with Crippen molar-refractivity contribution in [2.24, 2.45) is 0 Å². The lowest BCUT2D eigenvalue weighted by Crippen LogP contribution is -2.20. The van der Waals surface area contributed by atoms with E-state index >= 15 is 0 Å². The summed E-state index contributed by atoms with van der Waals surface area (Å²) >= 11 is 5.89. The first-order valence-corrected chi connectivity index (χ1v) is 6.69. The number of nitrogens with zero attached hydrogens (tertiary/aromatic N) is 1. The minimum Gasteiger partial charge on any atom is -0.506 e. The van der Waals surface area contributed by atoms with Gasteiger partial charge in [0.25, 0.3) is 0 Å². The average molecular weight is 277 g/mol. The minimum absolute atomic E-state index is 0.188. The Bertz CT molecular complexity index is 511. The fourth-order valence-electron chi connectivity index (χ4n) is 1.94. The first-order valence-electron chi connectivity index (χ1n) is 6.31. The molecular formula is C15H17ClN2O. The maximum absolute atomic E-state index is 9.19. The lowest BCUT2D eigenvalue weighted by atomic mass is 10.0. The van der Waals surface area contributed by atoms with Crippen molar-refractivity contribution in [3.63, 3.8) is 0 Å². The molecule has 3 nitrogen and oxygen atoms in total. The maximum atomic E-state index is 9.19. The molecule has 2 aromatic rings. The molecule has 100 valence electrons. The Morgan fingerprint density at radius 2 is 1.95 bits per heavy atom. The summed E-state index contributed by atoms with van der Waals surface area (Å²) in [5.41, 5.74) is 2.12. The summed E-state index contributed by atoms with van der Waals surface area (Å²) in [4.78, 5) is 4.16. The smallest absolute Gasteiger partial charge is 0.133 e. The molecule has 2 rings (SSSR count). The lowest BCUT2D eigenvalue weighted by Gasteiger charge is -2.17. The fraction of sp³-hybridized carbons (Fsp3) is 0.267. The predicted molar refractivity (Wildman–Crippen MR) is 77.2 cm³/mol. The Kier molecular flexibility index (Phi) is 4.77. The predicted octanol–water partition coefficient (Wildman–Crippen LogP) is 3.68. The summed E-state index contributed by atoms with van der Waals surface area (Å²) in [6.45, 7) is 2.80. The van der Waals surface area contributed by atoms with Crippen LogP contribution in [0.2, 0.25) is 5.02 Å². The summed E-state index contributed by atoms with van der Waals surface area (Å²) in [6.07, 6.45) is 2.44. The number of benzene rings is 1. The molecule has 1 aromatic carbocycles. The molecule has 1 atom stereocenters. The molecule has 0 fully saturated rings. The molecule has 1 heterocycles. The van der Waals surface area contributed by atoms with E-state index in [9.17, 15) is 5.11 Å². The molecule has 0 saturated carbocycles. The van der Waals surface area contributed by atoms with E-state index in [1.165, 1.54) is 11.8 Å². The third kappa shape index (κ3) is 3.94. The van der Waals surface area contributed by atoms with Crippen LogP contribution in [0.5, 0.6) is 5.75 Å². The number of hydrogen-bond donors (Lipinski definition) is 2. The van der Waals surface area contributed by atoms with Crippen LogP contribution in [-0.4, -0.2) is 10.1 Å². The van der Waals surface area contributed by atoms with E-state index in [0.29, 0.717) is 6.54 Å². The van der Waals surface area contributed by atoms with E-state index < -0.39 is 0 Å². The molecule has 0 amide bonds. The van der Waals surface area contributed by atoms with E-state index in [4.69, 9.17) is 11.6 Å². The largest absolute Gasteiger partial charge is 0.506 e. The van der Waals surface area contributed by atoms with Gasteiger partial charge in [-0.25, -0.2) is 0 Å². The number of pyridine rings is 1. The summed E-state index contributed by atoms with van der Waals surface area (Å²) in [5, 5.41) is 13.4. The van der Waals surface area contributed by atoms with Crippen LogP contribution in [-0.2, 0) is 6.54 Å². The van der Waals surface area contributed by atoms with Gasteiger partial charge < -0.3 is 10.4 Å². The van der Waals surface area contributed by atoms with Crippen molar-refractivity contribution in [3.8, 4) is 5.75 Å². The molecule has 0 radical (unpaired) electrons. The highest BCUT2D eigenvalue weighted by Gasteiger charge is 2.08. The maximum Gasteiger partial charge on any atom is 0.133 e. The quantitative estimate of drug-likeness (QED) is 0.876. The van der Waals surface area contributed by atoms with Crippen LogP contribution in [0.1, 0.15) is 30.6 Å². The van der Waals surface area contributed by atoms with Crippen LogP contribution in [0.15, 0.2) is 42.6 Å². The molecule has 0 aliphatic carbocycles. The van der Waals surface area contributed by atoms with Crippen molar-refractivity contribution < 1.29 is 5.11 Å². The van der Waals surface area contributed by atoms with Gasteiger partial charge >= 0.3 is 0 Å². The molecule has 0 bridgehead atoms. The van der Waals surface area contributed by atoms with Crippen LogP contribution in [0, 0.1) is 0 Å². The molecule has 1 unspecified atom stereocenters. The molecule has 0 aliphatic rings. The molecule has 19 heavy (non-hydrogen) atoms. The highest BCUT2D eigenvalue weighted by molar-refractivity contribution is 6.30. The van der Waals surface area contributed by atoms with Gasteiger partial charge in [0.1, 0.15) is 5.75 Å². The Morgan fingerprint density at radius 1 is 1.21 bits per heavy atom. The molecule has 4 heteroatoms. The highest BCUT2D eigenvalue weighted by Crippen LogP contribution is 2.19. The molecule has 0 spiro atoms. The van der Waals surface area contributed by atoms with Crippen molar-refractivity contribution >= 4 is 11.6 Å². The SMILES string of the molecule is CCC(NCc1ccc(O)cn1)c1ccc(Cl)cc1. The van der Waals surface area contributed by atoms with Gasteiger partial charge in [0.15, 0.2) is 0 Å². The molecule has 2 N–H and O–H groups in total. The molecule has 1 aromatic heterocycles. The second-order valence-electron chi connectivity index (χ2n) is 4.40. The zero-order valence-electron chi connectivity index (χ0n) is 10.8. The standard InChI is InChI=1S/C15H17ClN2O/c1-2-15(11-3-5-12(16)6-4-11)18-9-13-7-8-14(19)10-17-13/h3-8,10,15,18-19H,2,9H2,1H3. The Morgan fingerprint density at radius 3 is 2.53 bits per heavy atom. The van der Waals surface area contributed by atoms with Gasteiger partial charge in [0, 0.05) is 17.6 Å². The van der Waals surface area contributed by atoms with E-state index in [2.05, 4.69) is 17.2 Å². The van der Waals surface area contributed by atoms with Gasteiger partial charge in [0.2, 0.25) is 0 Å². The Labute approximate surface area is 118 Å².